The molecule has 0 aromatic carbocycles. The summed E-state index contributed by atoms with van der Waals surface area (Å²) < 4.78 is 2.03. The van der Waals surface area contributed by atoms with Crippen molar-refractivity contribution in [3.8, 4) is 17.3 Å². The zero-order valence-electron chi connectivity index (χ0n) is 8.87. The molecule has 0 amide bonds. The average molecular weight is 240 g/mol. The minimum atomic E-state index is 0.371. The van der Waals surface area contributed by atoms with Gasteiger partial charge in [0.15, 0.2) is 4.96 Å². The number of nitrogens with zero attached hydrogens (tertiary/aromatic N) is 4. The van der Waals surface area contributed by atoms with E-state index in [0.29, 0.717) is 6.42 Å². The SMILES string of the molecule is N#CCc1cnc2scc(-c3ccncc3)n12. The van der Waals surface area contributed by atoms with Crippen LogP contribution in [0.5, 0.6) is 0 Å². The standard InChI is InChI=1S/C12H8N4S/c13-4-1-10-7-15-12-16(10)11(8-17-12)9-2-5-14-6-3-9/h2-3,5-8H,1H2. The molecule has 3 aromatic heterocycles. The van der Waals surface area contributed by atoms with Gasteiger partial charge in [-0.05, 0) is 12.1 Å². The molecule has 0 bridgehead atoms. The van der Waals surface area contributed by atoms with E-state index in [1.54, 1.807) is 29.9 Å². The first-order chi connectivity index (χ1) is 8.40. The summed E-state index contributed by atoms with van der Waals surface area (Å²) in [6.07, 6.45) is 5.66. The average Bonchev–Trinajstić information content (AvgIpc) is 2.94. The molecule has 0 unspecified atom stereocenters. The van der Waals surface area contributed by atoms with E-state index in [4.69, 9.17) is 5.26 Å². The van der Waals surface area contributed by atoms with Gasteiger partial charge in [0.1, 0.15) is 0 Å². The van der Waals surface area contributed by atoms with Gasteiger partial charge in [0.2, 0.25) is 0 Å². The molecular weight excluding hydrogens is 232 g/mol. The van der Waals surface area contributed by atoms with Crippen molar-refractivity contribution in [2.75, 3.05) is 0 Å². The molecular formula is C12H8N4S. The molecule has 0 fully saturated rings. The van der Waals surface area contributed by atoms with Gasteiger partial charge in [0, 0.05) is 23.3 Å². The molecule has 17 heavy (non-hydrogen) atoms. The van der Waals surface area contributed by atoms with E-state index in [1.807, 2.05) is 16.5 Å². The highest BCUT2D eigenvalue weighted by Gasteiger charge is 2.10. The Morgan fingerprint density at radius 1 is 1.35 bits per heavy atom. The Hall–Kier alpha value is -2.19. The molecule has 82 valence electrons. The lowest BCUT2D eigenvalue weighted by Crippen LogP contribution is -1.92. The fraction of sp³-hybridized carbons (Fsp3) is 0.0833. The highest BCUT2D eigenvalue weighted by atomic mass is 32.1. The maximum atomic E-state index is 8.80. The molecule has 0 aliphatic heterocycles. The molecule has 0 N–H and O–H groups in total. The van der Waals surface area contributed by atoms with Gasteiger partial charge in [-0.2, -0.15) is 5.26 Å². The number of hydrogen-bond donors (Lipinski definition) is 0. The summed E-state index contributed by atoms with van der Waals surface area (Å²) in [5.41, 5.74) is 3.08. The smallest absolute Gasteiger partial charge is 0.194 e. The largest absolute Gasteiger partial charge is 0.286 e. The second kappa shape index (κ2) is 4.00. The third kappa shape index (κ3) is 1.59. The molecule has 4 nitrogen and oxygen atoms in total. The number of pyridine rings is 1. The lowest BCUT2D eigenvalue weighted by atomic mass is 10.2. The van der Waals surface area contributed by atoms with Crippen LogP contribution in [0.15, 0.2) is 36.1 Å². The maximum Gasteiger partial charge on any atom is 0.194 e. The van der Waals surface area contributed by atoms with Crippen molar-refractivity contribution in [1.82, 2.24) is 14.4 Å². The Balaban J connectivity index is 2.24. The summed E-state index contributed by atoms with van der Waals surface area (Å²) in [6.45, 7) is 0. The molecule has 0 saturated heterocycles. The molecule has 3 aromatic rings. The van der Waals surface area contributed by atoms with Crippen LogP contribution < -0.4 is 0 Å². The van der Waals surface area contributed by atoms with Crippen LogP contribution >= 0.6 is 11.3 Å². The van der Waals surface area contributed by atoms with Crippen molar-refractivity contribution in [3.05, 3.63) is 41.8 Å². The van der Waals surface area contributed by atoms with E-state index < -0.39 is 0 Å². The van der Waals surface area contributed by atoms with Crippen molar-refractivity contribution in [2.45, 2.75) is 6.42 Å². The van der Waals surface area contributed by atoms with Crippen molar-refractivity contribution in [3.63, 3.8) is 0 Å². The van der Waals surface area contributed by atoms with Crippen LogP contribution in [0.4, 0.5) is 0 Å². The van der Waals surface area contributed by atoms with E-state index in [9.17, 15) is 0 Å². The fourth-order valence-corrected chi connectivity index (χ4v) is 2.69. The van der Waals surface area contributed by atoms with E-state index in [2.05, 4.69) is 21.4 Å². The van der Waals surface area contributed by atoms with E-state index in [0.717, 1.165) is 21.9 Å². The molecule has 0 aliphatic rings. The molecule has 0 radical (unpaired) electrons. The zero-order valence-corrected chi connectivity index (χ0v) is 9.68. The van der Waals surface area contributed by atoms with Crippen LogP contribution in [-0.4, -0.2) is 14.4 Å². The lowest BCUT2D eigenvalue weighted by molar-refractivity contribution is 1.08. The summed E-state index contributed by atoms with van der Waals surface area (Å²) in [6, 6.07) is 6.07. The number of imidazole rings is 1. The summed E-state index contributed by atoms with van der Waals surface area (Å²) in [4.78, 5) is 9.22. The number of nitriles is 1. The zero-order chi connectivity index (χ0) is 11.7. The van der Waals surface area contributed by atoms with Gasteiger partial charge in [-0.1, -0.05) is 0 Å². The molecule has 5 heteroatoms. The summed E-state index contributed by atoms with van der Waals surface area (Å²) >= 11 is 1.58. The quantitative estimate of drug-likeness (QED) is 0.691. The number of aromatic nitrogens is 3. The Morgan fingerprint density at radius 3 is 2.94 bits per heavy atom. The number of fused-ring (bicyclic) bond motifs is 1. The van der Waals surface area contributed by atoms with Crippen LogP contribution in [0, 0.1) is 11.3 Å². The van der Waals surface area contributed by atoms with Gasteiger partial charge >= 0.3 is 0 Å². The fourth-order valence-electron chi connectivity index (χ4n) is 1.80. The monoisotopic (exact) mass is 240 g/mol. The first-order valence-corrected chi connectivity index (χ1v) is 5.99. The van der Waals surface area contributed by atoms with Gasteiger partial charge in [0.05, 0.1) is 30.1 Å². The van der Waals surface area contributed by atoms with E-state index in [1.165, 1.54) is 0 Å². The van der Waals surface area contributed by atoms with Crippen LogP contribution in [0.3, 0.4) is 0 Å². The van der Waals surface area contributed by atoms with Gasteiger partial charge in [-0.3, -0.25) is 9.38 Å². The maximum absolute atomic E-state index is 8.80. The van der Waals surface area contributed by atoms with Crippen LogP contribution in [-0.2, 0) is 6.42 Å². The third-order valence-electron chi connectivity index (χ3n) is 2.56. The summed E-state index contributed by atoms with van der Waals surface area (Å²) in [5.74, 6) is 0. The number of hydrogen-bond acceptors (Lipinski definition) is 4. The summed E-state index contributed by atoms with van der Waals surface area (Å²) in [5, 5.41) is 10.9. The Labute approximate surface area is 102 Å². The van der Waals surface area contributed by atoms with Gasteiger partial charge < -0.3 is 0 Å². The normalized spacial score (nSPS) is 10.5. The lowest BCUT2D eigenvalue weighted by Gasteiger charge is -2.01. The minimum Gasteiger partial charge on any atom is -0.286 e. The van der Waals surface area contributed by atoms with Crippen molar-refractivity contribution in [2.24, 2.45) is 0 Å². The highest BCUT2D eigenvalue weighted by molar-refractivity contribution is 7.15. The molecule has 3 heterocycles. The predicted octanol–water partition coefficient (Wildman–Crippen LogP) is 2.52. The summed E-state index contributed by atoms with van der Waals surface area (Å²) in [7, 11) is 0. The van der Waals surface area contributed by atoms with Crippen molar-refractivity contribution < 1.29 is 0 Å². The molecule has 0 aliphatic carbocycles. The second-order valence-electron chi connectivity index (χ2n) is 3.56. The van der Waals surface area contributed by atoms with Crippen LogP contribution in [0.1, 0.15) is 5.69 Å². The Bertz CT molecular complexity index is 690. The van der Waals surface area contributed by atoms with Gasteiger partial charge in [-0.15, -0.1) is 11.3 Å². The number of rotatable bonds is 2. The predicted molar refractivity (Wildman–Crippen MR) is 65.6 cm³/mol. The number of thiazole rings is 1. The van der Waals surface area contributed by atoms with Crippen LogP contribution in [0.2, 0.25) is 0 Å². The van der Waals surface area contributed by atoms with Crippen LogP contribution in [0.25, 0.3) is 16.2 Å². The molecule has 0 saturated carbocycles. The Morgan fingerprint density at radius 2 is 2.18 bits per heavy atom. The van der Waals surface area contributed by atoms with E-state index >= 15 is 0 Å². The first kappa shape index (κ1) is 10.00. The van der Waals surface area contributed by atoms with Gasteiger partial charge in [-0.25, -0.2) is 4.98 Å². The molecule has 3 rings (SSSR count). The Kier molecular flexibility index (Phi) is 2.35. The molecule has 0 spiro atoms. The topological polar surface area (TPSA) is 54.0 Å². The van der Waals surface area contributed by atoms with Crippen molar-refractivity contribution in [1.29, 1.82) is 5.26 Å². The molecule has 0 atom stereocenters. The second-order valence-corrected chi connectivity index (χ2v) is 4.40. The van der Waals surface area contributed by atoms with E-state index in [-0.39, 0.29) is 0 Å². The van der Waals surface area contributed by atoms with Gasteiger partial charge in [0.25, 0.3) is 0 Å². The minimum absolute atomic E-state index is 0.371. The third-order valence-corrected chi connectivity index (χ3v) is 3.40. The first-order valence-electron chi connectivity index (χ1n) is 5.11. The highest BCUT2D eigenvalue weighted by Crippen LogP contribution is 2.26. The van der Waals surface area contributed by atoms with Crippen molar-refractivity contribution >= 4 is 16.3 Å².